The van der Waals surface area contributed by atoms with Crippen molar-refractivity contribution in [3.8, 4) is 11.5 Å². The number of carbonyl (C=O) groups is 5. The lowest BCUT2D eigenvalue weighted by atomic mass is 9.75. The summed E-state index contributed by atoms with van der Waals surface area (Å²) in [6.45, 7) is 15.0. The number of hydrogen-bond donors (Lipinski definition) is 4. The Morgan fingerprint density at radius 3 is 2.10 bits per heavy atom. The van der Waals surface area contributed by atoms with E-state index in [1.54, 1.807) is 16.8 Å². The van der Waals surface area contributed by atoms with Crippen LogP contribution in [0.25, 0.3) is 0 Å². The van der Waals surface area contributed by atoms with Crippen LogP contribution < -0.4 is 25.4 Å². The molecule has 77 heavy (non-hydrogen) atoms. The number of aliphatic hydroxyl groups is 1. The van der Waals surface area contributed by atoms with E-state index in [2.05, 4.69) is 114 Å². The molecule has 2 saturated heterocycles. The fourth-order valence-electron chi connectivity index (χ4n) is 11.3. The Labute approximate surface area is 448 Å². The fraction of sp³-hybridized carbons (Fsp3) is 0.466. The highest BCUT2D eigenvalue weighted by atomic mass is 16.5. The number of imide groups is 2. The number of rotatable bonds is 24. The zero-order valence-electron chi connectivity index (χ0n) is 44.7. The third-order valence-electron chi connectivity index (χ3n) is 14.6. The number of anilines is 1. The van der Waals surface area contributed by atoms with E-state index in [4.69, 9.17) is 23.7 Å². The molecule has 19 nitrogen and oxygen atoms in total. The first-order valence-electron chi connectivity index (χ1n) is 26.6. The number of nitrogens with zero attached hydrogens (tertiary/aromatic N) is 5. The van der Waals surface area contributed by atoms with Gasteiger partial charge in [-0.05, 0) is 107 Å². The number of nitrogens with one attached hydrogen (secondary N) is 3. The number of amides is 5. The van der Waals surface area contributed by atoms with Crippen LogP contribution in [0.15, 0.2) is 72.9 Å². The van der Waals surface area contributed by atoms with E-state index in [9.17, 15) is 29.1 Å². The first-order valence-corrected chi connectivity index (χ1v) is 26.6. The second kappa shape index (κ2) is 24.5. The van der Waals surface area contributed by atoms with Gasteiger partial charge in [0.25, 0.3) is 11.8 Å². The van der Waals surface area contributed by atoms with Crippen molar-refractivity contribution in [3.05, 3.63) is 134 Å². The lowest BCUT2D eigenvalue weighted by Crippen LogP contribution is -2.54. The Balaban J connectivity index is 0.679. The minimum atomic E-state index is -1.08. The molecule has 19 heteroatoms. The zero-order valence-corrected chi connectivity index (χ0v) is 44.7. The predicted octanol–water partition coefficient (Wildman–Crippen LogP) is 5.40. The molecule has 5 heterocycles. The standard InChI is InChI=1S/C58H70N8O11/c1-36-21-37(2)24-41(23-36)34-76-50-27-43-11-13-65-40(5)29-58(72,31-49(65)46(43)28-51(50)77-35-42-25-38(3)22-39(4)26-42)30-44-33-64(63-62-44)14-16-74-18-20-75-19-17-73-15-12-59-53(68)32-60-47-8-6-7-45-54(47)57(71)66(56(45)70)48-9-10-52(67)61-55(48)69/h6-8,21-28,33,40,48-49,60,72H,9-20,29-32,34-35H2,1-5H3,(H,59,68)(H,61,67,69). The van der Waals surface area contributed by atoms with Crippen LogP contribution in [0.1, 0.15) is 110 Å². The third kappa shape index (κ3) is 13.6. The van der Waals surface area contributed by atoms with Gasteiger partial charge in [0.05, 0.1) is 75.2 Å². The monoisotopic (exact) mass is 1050 g/mol. The van der Waals surface area contributed by atoms with Gasteiger partial charge in [0, 0.05) is 49.9 Å². The van der Waals surface area contributed by atoms with Crippen LogP contribution in [0.5, 0.6) is 11.5 Å². The lowest BCUT2D eigenvalue weighted by Gasteiger charge is -2.50. The van der Waals surface area contributed by atoms with Crippen molar-refractivity contribution in [3.63, 3.8) is 0 Å². The molecule has 5 aromatic rings. The summed E-state index contributed by atoms with van der Waals surface area (Å²) in [6.07, 6.45) is 4.38. The summed E-state index contributed by atoms with van der Waals surface area (Å²) < 4.78 is 32.0. The molecule has 9 rings (SSSR count). The van der Waals surface area contributed by atoms with Gasteiger partial charge in [-0.2, -0.15) is 0 Å². The summed E-state index contributed by atoms with van der Waals surface area (Å²) in [7, 11) is 0. The van der Waals surface area contributed by atoms with Crippen molar-refractivity contribution >= 4 is 35.2 Å². The van der Waals surface area contributed by atoms with Crippen LogP contribution >= 0.6 is 0 Å². The van der Waals surface area contributed by atoms with Gasteiger partial charge in [0.2, 0.25) is 17.7 Å². The molecule has 408 valence electrons. The largest absolute Gasteiger partial charge is 0.485 e. The van der Waals surface area contributed by atoms with Crippen LogP contribution in [0.2, 0.25) is 0 Å². The summed E-state index contributed by atoms with van der Waals surface area (Å²) in [5.74, 6) is -1.35. The lowest BCUT2D eigenvalue weighted by molar-refractivity contribution is -0.136. The molecule has 0 radical (unpaired) electrons. The minimum Gasteiger partial charge on any atom is -0.485 e. The topological polar surface area (TPSA) is 225 Å². The van der Waals surface area contributed by atoms with Crippen molar-refractivity contribution in [2.75, 3.05) is 64.6 Å². The molecule has 4 aromatic carbocycles. The van der Waals surface area contributed by atoms with Gasteiger partial charge >= 0.3 is 0 Å². The van der Waals surface area contributed by atoms with Crippen molar-refractivity contribution in [2.45, 2.75) is 117 Å². The molecule has 0 aliphatic carbocycles. The normalized spacial score (nSPS) is 20.1. The average molecular weight is 1060 g/mol. The number of benzene rings is 4. The van der Waals surface area contributed by atoms with Crippen LogP contribution in [0, 0.1) is 27.7 Å². The zero-order chi connectivity index (χ0) is 54.2. The van der Waals surface area contributed by atoms with E-state index in [0.29, 0.717) is 77.8 Å². The summed E-state index contributed by atoms with van der Waals surface area (Å²) in [5.41, 5.74) is 9.60. The van der Waals surface area contributed by atoms with Crippen LogP contribution in [-0.4, -0.2) is 136 Å². The smallest absolute Gasteiger partial charge is 0.264 e. The number of fused-ring (bicyclic) bond motifs is 4. The Hall–Kier alpha value is -7.03. The molecule has 0 saturated carbocycles. The molecule has 4 atom stereocenters. The first-order chi connectivity index (χ1) is 37.1. The molecule has 2 fully saturated rings. The summed E-state index contributed by atoms with van der Waals surface area (Å²) in [5, 5.41) is 29.0. The summed E-state index contributed by atoms with van der Waals surface area (Å²) in [4.78, 5) is 66.4. The molecular formula is C58H70N8O11. The summed E-state index contributed by atoms with van der Waals surface area (Å²) >= 11 is 0. The molecule has 4 aliphatic rings. The maximum atomic E-state index is 13.3. The highest BCUT2D eigenvalue weighted by Crippen LogP contribution is 2.47. The Kier molecular flexibility index (Phi) is 17.4. The Bertz CT molecular complexity index is 2960. The maximum absolute atomic E-state index is 13.3. The van der Waals surface area contributed by atoms with E-state index in [-0.39, 0.29) is 67.3 Å². The molecular weight excluding hydrogens is 985 g/mol. The number of piperidine rings is 2. The Morgan fingerprint density at radius 1 is 0.779 bits per heavy atom. The van der Waals surface area contributed by atoms with Gasteiger partial charge < -0.3 is 39.4 Å². The maximum Gasteiger partial charge on any atom is 0.264 e. The number of hydrogen-bond acceptors (Lipinski definition) is 15. The van der Waals surface area contributed by atoms with Crippen molar-refractivity contribution < 1.29 is 52.8 Å². The number of aryl methyl sites for hydroxylation is 4. The van der Waals surface area contributed by atoms with Gasteiger partial charge in [-0.25, -0.2) is 4.68 Å². The van der Waals surface area contributed by atoms with Gasteiger partial charge in [0.15, 0.2) is 11.5 Å². The first kappa shape index (κ1) is 54.7. The number of carbonyl (C=O) groups excluding carboxylic acids is 5. The van der Waals surface area contributed by atoms with E-state index >= 15 is 0 Å². The highest BCUT2D eigenvalue weighted by molar-refractivity contribution is 6.25. The molecule has 0 bridgehead atoms. The second-order valence-corrected chi connectivity index (χ2v) is 20.9. The van der Waals surface area contributed by atoms with E-state index < -0.39 is 35.3 Å². The molecule has 5 amide bonds. The molecule has 4 aliphatic heterocycles. The van der Waals surface area contributed by atoms with Gasteiger partial charge in [0.1, 0.15) is 19.3 Å². The van der Waals surface area contributed by atoms with Crippen LogP contribution in [0.3, 0.4) is 0 Å². The van der Waals surface area contributed by atoms with Crippen molar-refractivity contribution in [1.29, 1.82) is 0 Å². The van der Waals surface area contributed by atoms with Gasteiger partial charge in [-0.1, -0.05) is 69.9 Å². The van der Waals surface area contributed by atoms with Gasteiger partial charge in [-0.15, -0.1) is 5.10 Å². The molecule has 4 unspecified atom stereocenters. The highest BCUT2D eigenvalue weighted by Gasteiger charge is 2.47. The van der Waals surface area contributed by atoms with Crippen LogP contribution in [-0.2, 0) is 61.2 Å². The van der Waals surface area contributed by atoms with Crippen molar-refractivity contribution in [2.24, 2.45) is 0 Å². The van der Waals surface area contributed by atoms with E-state index in [1.807, 2.05) is 6.20 Å². The van der Waals surface area contributed by atoms with E-state index in [1.165, 1.54) is 39.4 Å². The fourth-order valence-corrected chi connectivity index (χ4v) is 11.3. The van der Waals surface area contributed by atoms with E-state index in [0.717, 1.165) is 40.4 Å². The molecule has 1 aromatic heterocycles. The quantitative estimate of drug-likeness (QED) is 0.0448. The SMILES string of the molecule is Cc1cc(C)cc(COc2cc3c(cc2OCc2cc(C)cc(C)c2)C2CC(O)(Cc4cn(CCOCCOCCOCCNC(=O)CNc5cccc6c5C(=O)N(C5CCC(=O)NC5=O)C6=O)nn4)CC(C)N2CC3)c1. The summed E-state index contributed by atoms with van der Waals surface area (Å²) in [6, 6.07) is 21.0. The number of aromatic nitrogens is 3. The van der Waals surface area contributed by atoms with Gasteiger partial charge in [-0.3, -0.25) is 39.1 Å². The number of ether oxygens (including phenoxy) is 5. The average Bonchev–Trinajstić information content (AvgIpc) is 3.98. The molecule has 4 N–H and O–H groups in total. The van der Waals surface area contributed by atoms with Crippen LogP contribution in [0.4, 0.5) is 5.69 Å². The second-order valence-electron chi connectivity index (χ2n) is 20.9. The Morgan fingerprint density at radius 2 is 1.43 bits per heavy atom. The van der Waals surface area contributed by atoms with Crippen molar-refractivity contribution in [1.82, 2.24) is 35.4 Å². The minimum absolute atomic E-state index is 0.0114. The third-order valence-corrected chi connectivity index (χ3v) is 14.6. The predicted molar refractivity (Wildman–Crippen MR) is 285 cm³/mol. The molecule has 0 spiro atoms.